The summed E-state index contributed by atoms with van der Waals surface area (Å²) in [5.41, 5.74) is 1.38. The molecule has 2 aromatic rings. The van der Waals surface area contributed by atoms with E-state index in [4.69, 9.17) is 16.9 Å². The van der Waals surface area contributed by atoms with Gasteiger partial charge >= 0.3 is 0 Å². The van der Waals surface area contributed by atoms with E-state index in [1.807, 2.05) is 22.6 Å². The maximum atomic E-state index is 12.6. The Hall–Kier alpha value is -2.02. The lowest BCUT2D eigenvalue weighted by Crippen LogP contribution is -2.27. The number of nitriles is 1. The molecule has 0 radical (unpaired) electrons. The van der Waals surface area contributed by atoms with Crippen molar-refractivity contribution in [3.05, 3.63) is 66.6 Å². The summed E-state index contributed by atoms with van der Waals surface area (Å²) < 4.78 is 0.545. The first-order valence-corrected chi connectivity index (χ1v) is 9.59. The normalized spacial score (nSPS) is 15.6. The lowest BCUT2D eigenvalue weighted by Gasteiger charge is -2.13. The van der Waals surface area contributed by atoms with E-state index in [1.165, 1.54) is 12.1 Å². The standard InChI is InChI=1S/C18H10ClIN2O3S/c19-13-5-12(16(23)14(20)7-13)6-15-17(24)22(18(25)26-15)9-11-4-2-1-3-10(11)8-21/h1-7,23H,9H2. The number of phenolic OH excluding ortho intramolecular Hbond substituents is 1. The number of halogens is 2. The maximum Gasteiger partial charge on any atom is 0.293 e. The first kappa shape index (κ1) is 18.8. The Morgan fingerprint density at radius 2 is 2.04 bits per heavy atom. The SMILES string of the molecule is N#Cc1ccccc1CN1C(=O)SC(=Cc2cc(Cl)cc(I)c2O)C1=O. The Labute approximate surface area is 172 Å². The smallest absolute Gasteiger partial charge is 0.293 e. The zero-order valence-electron chi connectivity index (χ0n) is 13.1. The van der Waals surface area contributed by atoms with Crippen LogP contribution in [0.4, 0.5) is 4.79 Å². The van der Waals surface area contributed by atoms with E-state index >= 15 is 0 Å². The second-order valence-corrected chi connectivity index (χ2v) is 7.95. The summed E-state index contributed by atoms with van der Waals surface area (Å²) >= 11 is 8.72. The molecule has 0 aliphatic carbocycles. The van der Waals surface area contributed by atoms with Crippen LogP contribution in [-0.4, -0.2) is 21.2 Å². The summed E-state index contributed by atoms with van der Waals surface area (Å²) in [6.45, 7) is 0.0187. The first-order valence-electron chi connectivity index (χ1n) is 7.32. The van der Waals surface area contributed by atoms with Gasteiger partial charge < -0.3 is 5.11 Å². The summed E-state index contributed by atoms with van der Waals surface area (Å²) in [5.74, 6) is -0.473. The number of phenols is 1. The van der Waals surface area contributed by atoms with Gasteiger partial charge in [0.2, 0.25) is 0 Å². The molecule has 26 heavy (non-hydrogen) atoms. The van der Waals surface area contributed by atoms with Gasteiger partial charge in [0, 0.05) is 10.6 Å². The predicted octanol–water partition coefficient (Wildman–Crippen LogP) is 4.76. The first-order chi connectivity index (χ1) is 12.4. The van der Waals surface area contributed by atoms with Crippen LogP contribution in [0.3, 0.4) is 0 Å². The summed E-state index contributed by atoms with van der Waals surface area (Å²) in [6, 6.07) is 12.0. The number of rotatable bonds is 3. The number of aromatic hydroxyl groups is 1. The molecule has 5 nitrogen and oxygen atoms in total. The summed E-state index contributed by atoms with van der Waals surface area (Å²) in [5, 5.41) is 19.3. The molecule has 1 fully saturated rings. The van der Waals surface area contributed by atoms with Crippen molar-refractivity contribution in [1.29, 1.82) is 5.26 Å². The van der Waals surface area contributed by atoms with E-state index in [2.05, 4.69) is 6.07 Å². The van der Waals surface area contributed by atoms with E-state index in [1.54, 1.807) is 30.3 Å². The molecular formula is C18H10ClIN2O3S. The van der Waals surface area contributed by atoms with Crippen molar-refractivity contribution in [2.75, 3.05) is 0 Å². The minimum Gasteiger partial charge on any atom is -0.506 e. The van der Waals surface area contributed by atoms with Crippen molar-refractivity contribution in [3.63, 3.8) is 0 Å². The van der Waals surface area contributed by atoms with E-state index in [0.29, 0.717) is 25.3 Å². The van der Waals surface area contributed by atoms with Crippen LogP contribution in [0.2, 0.25) is 5.02 Å². The average molecular weight is 497 g/mol. The topological polar surface area (TPSA) is 81.4 Å². The van der Waals surface area contributed by atoms with Gasteiger partial charge in [-0.25, -0.2) is 0 Å². The zero-order valence-corrected chi connectivity index (χ0v) is 16.8. The van der Waals surface area contributed by atoms with Crippen LogP contribution in [-0.2, 0) is 11.3 Å². The molecule has 0 aromatic heterocycles. The third-order valence-corrected chi connectivity index (χ3v) is 5.63. The zero-order chi connectivity index (χ0) is 18.8. The van der Waals surface area contributed by atoms with Crippen molar-refractivity contribution >= 4 is 63.2 Å². The number of hydrogen-bond donors (Lipinski definition) is 1. The summed E-state index contributed by atoms with van der Waals surface area (Å²) in [7, 11) is 0. The second kappa shape index (κ2) is 7.70. The Bertz CT molecular complexity index is 1000. The third kappa shape index (κ3) is 3.72. The van der Waals surface area contributed by atoms with Crippen LogP contribution in [0.25, 0.3) is 6.08 Å². The molecule has 2 aromatic carbocycles. The minimum absolute atomic E-state index is 0.00312. The van der Waals surface area contributed by atoms with Crippen LogP contribution in [0.15, 0.2) is 41.3 Å². The predicted molar refractivity (Wildman–Crippen MR) is 109 cm³/mol. The van der Waals surface area contributed by atoms with Gasteiger partial charge in [0.1, 0.15) is 5.75 Å². The molecule has 0 bridgehead atoms. The van der Waals surface area contributed by atoms with Gasteiger partial charge in [-0.15, -0.1) is 0 Å². The van der Waals surface area contributed by atoms with E-state index in [9.17, 15) is 14.7 Å². The largest absolute Gasteiger partial charge is 0.506 e. The van der Waals surface area contributed by atoms with Gasteiger partial charge in [0.05, 0.1) is 26.7 Å². The molecule has 0 spiro atoms. The molecule has 0 unspecified atom stereocenters. The highest BCUT2D eigenvalue weighted by molar-refractivity contribution is 14.1. The number of benzene rings is 2. The average Bonchev–Trinajstić information content (AvgIpc) is 2.87. The fourth-order valence-corrected chi connectivity index (χ4v) is 4.30. The molecule has 8 heteroatoms. The molecular weight excluding hydrogens is 487 g/mol. The highest BCUT2D eigenvalue weighted by atomic mass is 127. The molecule has 1 N–H and O–H groups in total. The van der Waals surface area contributed by atoms with Crippen LogP contribution >= 0.6 is 46.0 Å². The monoisotopic (exact) mass is 496 g/mol. The van der Waals surface area contributed by atoms with Crippen LogP contribution < -0.4 is 0 Å². The lowest BCUT2D eigenvalue weighted by atomic mass is 10.1. The number of hydrogen-bond acceptors (Lipinski definition) is 5. The summed E-state index contributed by atoms with van der Waals surface area (Å²) in [6.07, 6.45) is 1.45. The van der Waals surface area contributed by atoms with Crippen molar-refractivity contribution in [3.8, 4) is 11.8 Å². The third-order valence-electron chi connectivity index (χ3n) is 3.68. The van der Waals surface area contributed by atoms with Gasteiger partial charge in [-0.1, -0.05) is 29.8 Å². The molecule has 0 saturated carbocycles. The summed E-state index contributed by atoms with van der Waals surface area (Å²) in [4.78, 5) is 26.2. The molecule has 1 heterocycles. The van der Waals surface area contributed by atoms with E-state index in [0.717, 1.165) is 16.7 Å². The molecule has 0 atom stereocenters. The number of carbonyl (C=O) groups is 2. The molecule has 130 valence electrons. The second-order valence-electron chi connectivity index (χ2n) is 5.36. The van der Waals surface area contributed by atoms with Crippen molar-refractivity contribution in [2.45, 2.75) is 6.54 Å². The number of carbonyl (C=O) groups excluding carboxylic acids is 2. The Kier molecular flexibility index (Phi) is 5.55. The molecule has 2 amide bonds. The fraction of sp³-hybridized carbons (Fsp3) is 0.0556. The van der Waals surface area contributed by atoms with Crippen LogP contribution in [0.5, 0.6) is 5.75 Å². The highest BCUT2D eigenvalue weighted by Crippen LogP contribution is 2.36. The van der Waals surface area contributed by atoms with E-state index < -0.39 is 11.1 Å². The number of nitrogens with zero attached hydrogens (tertiary/aromatic N) is 2. The van der Waals surface area contributed by atoms with Gasteiger partial charge in [-0.2, -0.15) is 5.26 Å². The van der Waals surface area contributed by atoms with Crippen molar-refractivity contribution < 1.29 is 14.7 Å². The highest BCUT2D eigenvalue weighted by Gasteiger charge is 2.35. The van der Waals surface area contributed by atoms with Crippen molar-refractivity contribution in [2.24, 2.45) is 0 Å². The van der Waals surface area contributed by atoms with Crippen LogP contribution in [0, 0.1) is 14.9 Å². The molecule has 3 rings (SSSR count). The van der Waals surface area contributed by atoms with E-state index in [-0.39, 0.29) is 17.2 Å². The maximum absolute atomic E-state index is 12.6. The quantitative estimate of drug-likeness (QED) is 0.490. The van der Waals surface area contributed by atoms with Gasteiger partial charge in [0.15, 0.2) is 0 Å². The fourth-order valence-electron chi connectivity index (χ4n) is 2.41. The minimum atomic E-state index is -0.470. The van der Waals surface area contributed by atoms with Gasteiger partial charge in [-0.05, 0) is 64.2 Å². The number of imide groups is 1. The van der Waals surface area contributed by atoms with Gasteiger partial charge in [0.25, 0.3) is 11.1 Å². The lowest BCUT2D eigenvalue weighted by molar-refractivity contribution is -0.123. The molecule has 1 aliphatic heterocycles. The van der Waals surface area contributed by atoms with Gasteiger partial charge in [-0.3, -0.25) is 14.5 Å². The van der Waals surface area contributed by atoms with Crippen molar-refractivity contribution in [1.82, 2.24) is 4.90 Å². The van der Waals surface area contributed by atoms with Crippen LogP contribution in [0.1, 0.15) is 16.7 Å². The Morgan fingerprint density at radius 3 is 2.77 bits per heavy atom. The molecule has 1 aliphatic rings. The Morgan fingerprint density at radius 1 is 1.31 bits per heavy atom. The molecule has 1 saturated heterocycles. The number of thioether (sulfide) groups is 1. The number of amides is 2. The Balaban J connectivity index is 1.91.